The van der Waals surface area contributed by atoms with Crippen LogP contribution in [-0.4, -0.2) is 12.6 Å². The first kappa shape index (κ1) is 24.2. The standard InChI is InChI=1S/C23H44O2/c1-4-5-6-7-8-9-10-11-12-13-14-15-16-17-18-19-20-25-23(24)21-22(2)3/h14-15,22H,4-13,16-21H2,1-3H3. The Labute approximate surface area is 157 Å². The maximum Gasteiger partial charge on any atom is 0.306 e. The van der Waals surface area contributed by atoms with Crippen molar-refractivity contribution in [1.29, 1.82) is 0 Å². The molecule has 0 bridgehead atoms. The van der Waals surface area contributed by atoms with Gasteiger partial charge in [0.05, 0.1) is 6.61 Å². The van der Waals surface area contributed by atoms with Crippen LogP contribution in [0.4, 0.5) is 0 Å². The molecule has 25 heavy (non-hydrogen) atoms. The lowest BCUT2D eigenvalue weighted by Gasteiger charge is -2.06. The van der Waals surface area contributed by atoms with Crippen LogP contribution in [-0.2, 0) is 9.53 Å². The number of unbranched alkanes of at least 4 members (excludes halogenated alkanes) is 12. The van der Waals surface area contributed by atoms with E-state index in [2.05, 4.69) is 19.1 Å². The summed E-state index contributed by atoms with van der Waals surface area (Å²) in [6.45, 7) is 6.96. The van der Waals surface area contributed by atoms with E-state index in [1.54, 1.807) is 0 Å². The van der Waals surface area contributed by atoms with E-state index in [0.717, 1.165) is 19.3 Å². The first-order valence-electron chi connectivity index (χ1n) is 11.0. The molecule has 148 valence electrons. The maximum atomic E-state index is 11.4. The average Bonchev–Trinajstić information content (AvgIpc) is 2.57. The van der Waals surface area contributed by atoms with E-state index in [0.29, 0.717) is 18.9 Å². The Morgan fingerprint density at radius 1 is 0.760 bits per heavy atom. The van der Waals surface area contributed by atoms with E-state index in [-0.39, 0.29) is 5.97 Å². The Morgan fingerprint density at radius 3 is 1.76 bits per heavy atom. The van der Waals surface area contributed by atoms with E-state index >= 15 is 0 Å². The molecule has 0 rings (SSSR count). The molecule has 0 fully saturated rings. The van der Waals surface area contributed by atoms with Crippen LogP contribution < -0.4 is 0 Å². The van der Waals surface area contributed by atoms with Gasteiger partial charge in [0, 0.05) is 6.42 Å². The maximum absolute atomic E-state index is 11.4. The third kappa shape index (κ3) is 21.2. The molecule has 0 saturated carbocycles. The summed E-state index contributed by atoms with van der Waals surface area (Å²) < 4.78 is 5.22. The number of esters is 1. The van der Waals surface area contributed by atoms with Crippen molar-refractivity contribution in [2.75, 3.05) is 6.61 Å². The Kier molecular flexibility index (Phi) is 18.9. The number of ether oxygens (including phenoxy) is 1. The number of hydrogen-bond donors (Lipinski definition) is 0. The van der Waals surface area contributed by atoms with Gasteiger partial charge in [-0.3, -0.25) is 4.79 Å². The van der Waals surface area contributed by atoms with Crippen LogP contribution in [0.5, 0.6) is 0 Å². The summed E-state index contributed by atoms with van der Waals surface area (Å²) in [5.41, 5.74) is 0. The summed E-state index contributed by atoms with van der Waals surface area (Å²) in [6.07, 6.45) is 23.6. The number of carbonyl (C=O) groups is 1. The average molecular weight is 353 g/mol. The number of rotatable bonds is 18. The second kappa shape index (κ2) is 19.5. The lowest BCUT2D eigenvalue weighted by atomic mass is 10.1. The minimum Gasteiger partial charge on any atom is -0.466 e. The van der Waals surface area contributed by atoms with Crippen molar-refractivity contribution < 1.29 is 9.53 Å². The molecule has 0 unspecified atom stereocenters. The van der Waals surface area contributed by atoms with E-state index < -0.39 is 0 Å². The first-order valence-corrected chi connectivity index (χ1v) is 11.0. The Hall–Kier alpha value is -0.790. The van der Waals surface area contributed by atoms with Gasteiger partial charge in [-0.1, -0.05) is 84.3 Å². The molecule has 0 N–H and O–H groups in total. The summed E-state index contributed by atoms with van der Waals surface area (Å²) in [6, 6.07) is 0. The summed E-state index contributed by atoms with van der Waals surface area (Å²) in [5.74, 6) is 0.347. The van der Waals surface area contributed by atoms with Crippen molar-refractivity contribution in [3.05, 3.63) is 12.2 Å². The van der Waals surface area contributed by atoms with Crippen molar-refractivity contribution in [1.82, 2.24) is 0 Å². The summed E-state index contributed by atoms with van der Waals surface area (Å²) in [4.78, 5) is 11.4. The van der Waals surface area contributed by atoms with Crippen molar-refractivity contribution in [3.63, 3.8) is 0 Å². The zero-order chi connectivity index (χ0) is 18.6. The van der Waals surface area contributed by atoms with Crippen molar-refractivity contribution >= 4 is 5.97 Å². The molecule has 0 spiro atoms. The molecule has 0 aromatic rings. The summed E-state index contributed by atoms with van der Waals surface area (Å²) in [5, 5.41) is 0. The van der Waals surface area contributed by atoms with Crippen molar-refractivity contribution in [2.24, 2.45) is 5.92 Å². The van der Waals surface area contributed by atoms with E-state index in [1.807, 2.05) is 13.8 Å². The molecule has 0 amide bonds. The highest BCUT2D eigenvalue weighted by molar-refractivity contribution is 5.69. The van der Waals surface area contributed by atoms with Gasteiger partial charge in [-0.2, -0.15) is 0 Å². The molecule has 0 aliphatic rings. The molecule has 0 aromatic heterocycles. The highest BCUT2D eigenvalue weighted by atomic mass is 16.5. The SMILES string of the molecule is CCCCCCCCCCCC=CCCCCCOC(=O)CC(C)C. The number of carbonyl (C=O) groups excluding carboxylic acids is 1. The van der Waals surface area contributed by atoms with Crippen LogP contribution in [0.1, 0.15) is 117 Å². The second-order valence-electron chi connectivity index (χ2n) is 7.76. The van der Waals surface area contributed by atoms with Crippen molar-refractivity contribution in [2.45, 2.75) is 117 Å². The summed E-state index contributed by atoms with van der Waals surface area (Å²) in [7, 11) is 0. The minimum absolute atomic E-state index is 0.0455. The van der Waals surface area contributed by atoms with Gasteiger partial charge in [-0.15, -0.1) is 0 Å². The van der Waals surface area contributed by atoms with Crippen LogP contribution in [0.15, 0.2) is 12.2 Å². The monoisotopic (exact) mass is 352 g/mol. The van der Waals surface area contributed by atoms with Gasteiger partial charge < -0.3 is 4.74 Å². The molecule has 2 heteroatoms. The van der Waals surface area contributed by atoms with E-state index in [1.165, 1.54) is 70.6 Å². The molecule has 0 aromatic carbocycles. The lowest BCUT2D eigenvalue weighted by Crippen LogP contribution is -2.08. The Balaban J connectivity index is 3.17. The topological polar surface area (TPSA) is 26.3 Å². The van der Waals surface area contributed by atoms with Gasteiger partial charge >= 0.3 is 5.97 Å². The molecular formula is C23H44O2. The number of hydrogen-bond acceptors (Lipinski definition) is 2. The smallest absolute Gasteiger partial charge is 0.306 e. The Morgan fingerprint density at radius 2 is 1.24 bits per heavy atom. The van der Waals surface area contributed by atoms with E-state index in [9.17, 15) is 4.79 Å². The predicted molar refractivity (Wildman–Crippen MR) is 110 cm³/mol. The van der Waals surface area contributed by atoms with E-state index in [4.69, 9.17) is 4.74 Å². The molecular weight excluding hydrogens is 308 g/mol. The van der Waals surface area contributed by atoms with Crippen LogP contribution in [0.3, 0.4) is 0 Å². The van der Waals surface area contributed by atoms with Gasteiger partial charge in [0.15, 0.2) is 0 Å². The van der Waals surface area contributed by atoms with Gasteiger partial charge in [-0.25, -0.2) is 0 Å². The van der Waals surface area contributed by atoms with Gasteiger partial charge in [0.25, 0.3) is 0 Å². The fourth-order valence-corrected chi connectivity index (χ4v) is 2.93. The van der Waals surface area contributed by atoms with Gasteiger partial charge in [0.1, 0.15) is 0 Å². The molecule has 2 nitrogen and oxygen atoms in total. The highest BCUT2D eigenvalue weighted by Crippen LogP contribution is 2.11. The Bertz CT molecular complexity index is 307. The molecule has 0 saturated heterocycles. The van der Waals surface area contributed by atoms with Gasteiger partial charge in [-0.05, 0) is 44.4 Å². The van der Waals surface area contributed by atoms with Crippen LogP contribution in [0.2, 0.25) is 0 Å². The third-order valence-corrected chi connectivity index (χ3v) is 4.49. The summed E-state index contributed by atoms with van der Waals surface area (Å²) >= 11 is 0. The van der Waals surface area contributed by atoms with Crippen LogP contribution >= 0.6 is 0 Å². The molecule has 0 atom stereocenters. The molecule has 0 radical (unpaired) electrons. The van der Waals surface area contributed by atoms with Crippen molar-refractivity contribution in [3.8, 4) is 0 Å². The molecule has 0 aliphatic heterocycles. The third-order valence-electron chi connectivity index (χ3n) is 4.49. The zero-order valence-corrected chi connectivity index (χ0v) is 17.4. The molecule has 0 heterocycles. The fourth-order valence-electron chi connectivity index (χ4n) is 2.93. The van der Waals surface area contributed by atoms with Gasteiger partial charge in [0.2, 0.25) is 0 Å². The molecule has 0 aliphatic carbocycles. The zero-order valence-electron chi connectivity index (χ0n) is 17.4. The fraction of sp³-hybridized carbons (Fsp3) is 0.870. The largest absolute Gasteiger partial charge is 0.466 e. The minimum atomic E-state index is -0.0455. The highest BCUT2D eigenvalue weighted by Gasteiger charge is 2.04. The van der Waals surface area contributed by atoms with Crippen LogP contribution in [0, 0.1) is 5.92 Å². The normalized spacial score (nSPS) is 11.5. The van der Waals surface area contributed by atoms with Crippen LogP contribution in [0.25, 0.3) is 0 Å². The second-order valence-corrected chi connectivity index (χ2v) is 7.76. The number of allylic oxidation sites excluding steroid dienone is 2. The predicted octanol–water partition coefficient (Wildman–Crippen LogP) is 7.61. The first-order chi connectivity index (χ1) is 12.2. The quantitative estimate of drug-likeness (QED) is 0.144. The lowest BCUT2D eigenvalue weighted by molar-refractivity contribution is -0.144.